The van der Waals surface area contributed by atoms with Crippen molar-refractivity contribution in [2.45, 2.75) is 39.2 Å². The topological polar surface area (TPSA) is 67.4 Å². The van der Waals surface area contributed by atoms with Crippen LogP contribution < -0.4 is 15.4 Å². The van der Waals surface area contributed by atoms with Crippen molar-refractivity contribution >= 4 is 23.2 Å². The first-order valence-corrected chi connectivity index (χ1v) is 10.4. The summed E-state index contributed by atoms with van der Waals surface area (Å²) in [4.78, 5) is 25.0. The number of amides is 2. The van der Waals surface area contributed by atoms with E-state index in [0.717, 1.165) is 0 Å². The normalized spacial score (nSPS) is 12.0. The summed E-state index contributed by atoms with van der Waals surface area (Å²) >= 11 is 0. The largest absolute Gasteiger partial charge is 0.481 e. The third-order valence-corrected chi connectivity index (χ3v) is 4.90. The molecule has 0 bridgehead atoms. The number of ether oxygens (including phenoxy) is 1. The molecule has 0 spiro atoms. The molecule has 2 amide bonds. The average molecular weight is 435 g/mol. The van der Waals surface area contributed by atoms with Crippen molar-refractivity contribution in [3.05, 3.63) is 89.7 Å². The second kappa shape index (κ2) is 9.64. The van der Waals surface area contributed by atoms with Crippen molar-refractivity contribution in [3.63, 3.8) is 0 Å². The van der Waals surface area contributed by atoms with Crippen LogP contribution in [0.3, 0.4) is 0 Å². The van der Waals surface area contributed by atoms with E-state index in [9.17, 15) is 14.0 Å². The van der Waals surface area contributed by atoms with Gasteiger partial charge in [0.15, 0.2) is 6.10 Å². The minimum absolute atomic E-state index is 0.0372. The molecule has 3 aromatic rings. The summed E-state index contributed by atoms with van der Waals surface area (Å²) in [5, 5.41) is 5.46. The van der Waals surface area contributed by atoms with Gasteiger partial charge in [-0.25, -0.2) is 4.39 Å². The monoisotopic (exact) mass is 434 g/mol. The summed E-state index contributed by atoms with van der Waals surface area (Å²) in [6.07, 6.45) is -0.729. The molecule has 0 aromatic heterocycles. The summed E-state index contributed by atoms with van der Waals surface area (Å²) in [5.74, 6) is -0.473. The second-order valence-corrected chi connectivity index (χ2v) is 8.57. The van der Waals surface area contributed by atoms with Gasteiger partial charge in [-0.15, -0.1) is 0 Å². The van der Waals surface area contributed by atoms with Crippen LogP contribution in [-0.2, 0) is 10.2 Å². The van der Waals surface area contributed by atoms with Crippen LogP contribution in [0.25, 0.3) is 0 Å². The fourth-order valence-corrected chi connectivity index (χ4v) is 3.01. The molecule has 3 aromatic carbocycles. The van der Waals surface area contributed by atoms with Gasteiger partial charge in [-0.2, -0.15) is 0 Å². The Labute approximate surface area is 187 Å². The van der Waals surface area contributed by atoms with E-state index in [-0.39, 0.29) is 23.0 Å². The van der Waals surface area contributed by atoms with E-state index in [1.54, 1.807) is 31.2 Å². The van der Waals surface area contributed by atoms with Gasteiger partial charge in [-0.05, 0) is 72.5 Å². The van der Waals surface area contributed by atoms with Gasteiger partial charge in [0.05, 0.1) is 0 Å². The molecule has 5 nitrogen and oxygen atoms in total. The van der Waals surface area contributed by atoms with Gasteiger partial charge in [-0.1, -0.05) is 39.0 Å². The molecule has 0 aliphatic rings. The fourth-order valence-electron chi connectivity index (χ4n) is 3.01. The van der Waals surface area contributed by atoms with Crippen LogP contribution in [-0.4, -0.2) is 17.9 Å². The van der Waals surface area contributed by atoms with Crippen molar-refractivity contribution in [1.29, 1.82) is 0 Å². The van der Waals surface area contributed by atoms with E-state index in [1.165, 1.54) is 29.8 Å². The number of benzene rings is 3. The SMILES string of the molecule is CC(Oc1ccc(C(C)(C)C)cc1)C(=O)Nc1cccc(C(=O)Nc2ccc(F)cc2)c1. The van der Waals surface area contributed by atoms with Crippen LogP contribution in [0.5, 0.6) is 5.75 Å². The number of anilines is 2. The zero-order valence-electron chi connectivity index (χ0n) is 18.6. The van der Waals surface area contributed by atoms with Crippen molar-refractivity contribution in [1.82, 2.24) is 0 Å². The lowest BCUT2D eigenvalue weighted by atomic mass is 9.87. The Morgan fingerprint density at radius 2 is 1.53 bits per heavy atom. The lowest BCUT2D eigenvalue weighted by molar-refractivity contribution is -0.122. The molecule has 0 aliphatic heterocycles. The lowest BCUT2D eigenvalue weighted by Gasteiger charge is -2.20. The molecule has 2 N–H and O–H groups in total. The minimum atomic E-state index is -0.729. The van der Waals surface area contributed by atoms with Crippen LogP contribution >= 0.6 is 0 Å². The van der Waals surface area contributed by atoms with E-state index in [2.05, 4.69) is 31.4 Å². The van der Waals surface area contributed by atoms with Gasteiger partial charge in [0.1, 0.15) is 11.6 Å². The molecule has 1 unspecified atom stereocenters. The molecule has 0 saturated carbocycles. The lowest BCUT2D eigenvalue weighted by Crippen LogP contribution is -2.30. The van der Waals surface area contributed by atoms with Crippen molar-refractivity contribution in [2.24, 2.45) is 0 Å². The Morgan fingerprint density at radius 3 is 2.16 bits per heavy atom. The summed E-state index contributed by atoms with van der Waals surface area (Å²) in [6, 6.07) is 19.7. The van der Waals surface area contributed by atoms with E-state index >= 15 is 0 Å². The van der Waals surface area contributed by atoms with Gasteiger partial charge in [0.25, 0.3) is 11.8 Å². The highest BCUT2D eigenvalue weighted by Gasteiger charge is 2.17. The number of hydrogen-bond donors (Lipinski definition) is 2. The summed E-state index contributed by atoms with van der Waals surface area (Å²) in [7, 11) is 0. The average Bonchev–Trinajstić information content (AvgIpc) is 2.75. The molecular formula is C26H27FN2O3. The molecule has 0 fully saturated rings. The quantitative estimate of drug-likeness (QED) is 0.517. The predicted octanol–water partition coefficient (Wildman–Crippen LogP) is 5.78. The van der Waals surface area contributed by atoms with Gasteiger partial charge >= 0.3 is 0 Å². The second-order valence-electron chi connectivity index (χ2n) is 8.57. The van der Waals surface area contributed by atoms with Gasteiger partial charge in [0.2, 0.25) is 0 Å². The number of halogens is 1. The van der Waals surface area contributed by atoms with Gasteiger partial charge in [0, 0.05) is 16.9 Å². The van der Waals surface area contributed by atoms with Crippen molar-refractivity contribution < 1.29 is 18.7 Å². The standard InChI is InChI=1S/C26H27FN2O3/c1-17(32-23-14-8-19(9-15-23)26(2,3)4)24(30)29-22-7-5-6-18(16-22)25(31)28-21-12-10-20(27)11-13-21/h5-17H,1-4H3,(H,28,31)(H,29,30). The highest BCUT2D eigenvalue weighted by Crippen LogP contribution is 2.25. The highest BCUT2D eigenvalue weighted by atomic mass is 19.1. The molecule has 1 atom stereocenters. The maximum absolute atomic E-state index is 13.0. The van der Waals surface area contributed by atoms with Crippen molar-refractivity contribution in [2.75, 3.05) is 10.6 Å². The fraction of sp³-hybridized carbons (Fsp3) is 0.231. The first-order chi connectivity index (χ1) is 15.1. The van der Waals surface area contributed by atoms with E-state index in [1.807, 2.05) is 24.3 Å². The Morgan fingerprint density at radius 1 is 0.875 bits per heavy atom. The maximum Gasteiger partial charge on any atom is 0.265 e. The minimum Gasteiger partial charge on any atom is -0.481 e. The Balaban J connectivity index is 1.61. The maximum atomic E-state index is 13.0. The predicted molar refractivity (Wildman–Crippen MR) is 125 cm³/mol. The van der Waals surface area contributed by atoms with E-state index in [0.29, 0.717) is 22.7 Å². The number of carbonyl (C=O) groups is 2. The summed E-state index contributed by atoms with van der Waals surface area (Å²) < 4.78 is 18.8. The summed E-state index contributed by atoms with van der Waals surface area (Å²) in [5.41, 5.74) is 2.52. The number of hydrogen-bond acceptors (Lipinski definition) is 3. The van der Waals surface area contributed by atoms with Crippen LogP contribution in [0.1, 0.15) is 43.6 Å². The van der Waals surface area contributed by atoms with Gasteiger partial charge in [-0.3, -0.25) is 9.59 Å². The van der Waals surface area contributed by atoms with Gasteiger partial charge < -0.3 is 15.4 Å². The third kappa shape index (κ3) is 6.17. The molecule has 0 saturated heterocycles. The summed E-state index contributed by atoms with van der Waals surface area (Å²) in [6.45, 7) is 8.06. The first kappa shape index (κ1) is 23.0. The number of carbonyl (C=O) groups excluding carboxylic acids is 2. The highest BCUT2D eigenvalue weighted by molar-refractivity contribution is 6.05. The molecule has 3 rings (SSSR count). The molecule has 0 aliphatic carbocycles. The molecular weight excluding hydrogens is 407 g/mol. The van der Waals surface area contributed by atoms with Crippen molar-refractivity contribution in [3.8, 4) is 5.75 Å². The van der Waals surface area contributed by atoms with E-state index in [4.69, 9.17) is 4.74 Å². The number of nitrogens with one attached hydrogen (secondary N) is 2. The van der Waals surface area contributed by atoms with Crippen LogP contribution in [0, 0.1) is 5.82 Å². The Bertz CT molecular complexity index is 1090. The molecule has 0 heterocycles. The third-order valence-electron chi connectivity index (χ3n) is 4.90. The zero-order chi connectivity index (χ0) is 23.3. The Kier molecular flexibility index (Phi) is 6.93. The Hall–Kier alpha value is -3.67. The van der Waals surface area contributed by atoms with Crippen LogP contribution in [0.15, 0.2) is 72.8 Å². The van der Waals surface area contributed by atoms with Crippen LogP contribution in [0.2, 0.25) is 0 Å². The zero-order valence-corrected chi connectivity index (χ0v) is 18.6. The number of rotatable bonds is 6. The molecule has 0 radical (unpaired) electrons. The molecule has 166 valence electrons. The van der Waals surface area contributed by atoms with E-state index < -0.39 is 6.10 Å². The van der Waals surface area contributed by atoms with Crippen LogP contribution in [0.4, 0.5) is 15.8 Å². The molecule has 32 heavy (non-hydrogen) atoms. The molecule has 6 heteroatoms. The first-order valence-electron chi connectivity index (χ1n) is 10.4. The smallest absolute Gasteiger partial charge is 0.265 e.